The van der Waals surface area contributed by atoms with Crippen molar-refractivity contribution in [1.82, 2.24) is 0 Å². The maximum absolute atomic E-state index is 6.74. The Morgan fingerprint density at radius 3 is 2.03 bits per heavy atom. The van der Waals surface area contributed by atoms with Crippen LogP contribution in [-0.4, -0.2) is 0 Å². The number of aryl methyl sites for hydroxylation is 3. The van der Waals surface area contributed by atoms with Gasteiger partial charge in [0.1, 0.15) is 18.2 Å². The zero-order valence-corrected chi connectivity index (χ0v) is 18.5. The molecule has 0 saturated heterocycles. The minimum atomic E-state index is 0.953. The van der Waals surface area contributed by atoms with Crippen molar-refractivity contribution in [3.63, 3.8) is 0 Å². The van der Waals surface area contributed by atoms with Crippen molar-refractivity contribution >= 4 is 32.7 Å². The van der Waals surface area contributed by atoms with Crippen molar-refractivity contribution in [2.45, 2.75) is 13.8 Å². The van der Waals surface area contributed by atoms with Crippen LogP contribution in [0.4, 0.5) is 0 Å². The van der Waals surface area contributed by atoms with E-state index in [4.69, 9.17) is 4.42 Å². The summed E-state index contributed by atoms with van der Waals surface area (Å²) < 4.78 is 8.90. The van der Waals surface area contributed by atoms with Gasteiger partial charge in [-0.15, -0.1) is 0 Å². The molecule has 2 heterocycles. The Kier molecular flexibility index (Phi) is 4.16. The van der Waals surface area contributed by atoms with Crippen molar-refractivity contribution in [2.75, 3.05) is 0 Å². The summed E-state index contributed by atoms with van der Waals surface area (Å²) in [5.41, 5.74) is 9.01. The second kappa shape index (κ2) is 7.06. The lowest BCUT2D eigenvalue weighted by molar-refractivity contribution is -0.660. The van der Waals surface area contributed by atoms with Crippen LogP contribution in [0.3, 0.4) is 0 Å². The van der Waals surface area contributed by atoms with E-state index in [0.29, 0.717) is 0 Å². The first kappa shape index (κ1) is 18.8. The van der Waals surface area contributed by atoms with Crippen molar-refractivity contribution in [3.05, 3.63) is 102 Å². The molecule has 154 valence electrons. The second-order valence-corrected chi connectivity index (χ2v) is 8.63. The molecule has 2 nitrogen and oxygen atoms in total. The monoisotopic (exact) mass is 414 g/mol. The number of benzene rings is 4. The first-order chi connectivity index (χ1) is 15.6. The molecule has 6 aromatic rings. The van der Waals surface area contributed by atoms with Gasteiger partial charge in [-0.25, -0.2) is 4.57 Å². The van der Waals surface area contributed by atoms with Gasteiger partial charge >= 0.3 is 0 Å². The van der Waals surface area contributed by atoms with Crippen LogP contribution in [0.25, 0.3) is 55.1 Å². The van der Waals surface area contributed by atoms with Crippen LogP contribution in [0, 0.1) is 13.8 Å². The summed E-state index contributed by atoms with van der Waals surface area (Å²) in [5.74, 6) is 0. The fraction of sp³-hybridized carbons (Fsp3) is 0.100. The van der Waals surface area contributed by atoms with Gasteiger partial charge < -0.3 is 4.42 Å². The average Bonchev–Trinajstić information content (AvgIpc) is 3.17. The highest BCUT2D eigenvalue weighted by Gasteiger charge is 2.22. The molecule has 0 bridgehead atoms. The topological polar surface area (TPSA) is 17.0 Å². The van der Waals surface area contributed by atoms with Gasteiger partial charge in [0.05, 0.1) is 5.56 Å². The molecule has 0 amide bonds. The molecule has 0 atom stereocenters. The quantitative estimate of drug-likeness (QED) is 0.268. The number of rotatable bonds is 2. The van der Waals surface area contributed by atoms with Crippen LogP contribution in [0.2, 0.25) is 0 Å². The van der Waals surface area contributed by atoms with Crippen LogP contribution < -0.4 is 4.57 Å². The van der Waals surface area contributed by atoms with Crippen molar-refractivity contribution in [1.29, 1.82) is 0 Å². The lowest BCUT2D eigenvalue weighted by Gasteiger charge is -2.08. The fourth-order valence-electron chi connectivity index (χ4n) is 4.91. The molecule has 0 aliphatic carbocycles. The molecule has 0 N–H and O–H groups in total. The van der Waals surface area contributed by atoms with Crippen LogP contribution in [0.15, 0.2) is 95.5 Å². The third-order valence-corrected chi connectivity index (χ3v) is 6.58. The molecule has 4 aromatic carbocycles. The highest BCUT2D eigenvalue weighted by Crippen LogP contribution is 2.42. The first-order valence-electron chi connectivity index (χ1n) is 11.0. The van der Waals surface area contributed by atoms with Crippen LogP contribution >= 0.6 is 0 Å². The molecule has 2 aromatic heterocycles. The number of fused-ring (bicyclic) bond motifs is 4. The second-order valence-electron chi connectivity index (χ2n) is 8.63. The minimum Gasteiger partial charge on any atom is -0.454 e. The Labute approximate surface area is 187 Å². The molecule has 6 rings (SSSR count). The smallest absolute Gasteiger partial charge is 0.216 e. The summed E-state index contributed by atoms with van der Waals surface area (Å²) in [7, 11) is 2.08. The fourth-order valence-corrected chi connectivity index (χ4v) is 4.91. The van der Waals surface area contributed by atoms with E-state index in [9.17, 15) is 0 Å². The Hall–Kier alpha value is -3.91. The van der Waals surface area contributed by atoms with Crippen LogP contribution in [0.1, 0.15) is 11.1 Å². The van der Waals surface area contributed by atoms with E-state index in [1.807, 2.05) is 0 Å². The number of nitrogens with zero attached hydrogens (tertiary/aromatic N) is 1. The molecule has 0 saturated carbocycles. The Balaban J connectivity index is 1.70. The van der Waals surface area contributed by atoms with E-state index >= 15 is 0 Å². The summed E-state index contributed by atoms with van der Waals surface area (Å²) in [6, 6.07) is 30.3. The third kappa shape index (κ3) is 2.76. The van der Waals surface area contributed by atoms with E-state index in [-0.39, 0.29) is 0 Å². The highest BCUT2D eigenvalue weighted by molar-refractivity contribution is 6.14. The van der Waals surface area contributed by atoms with Gasteiger partial charge in [0.2, 0.25) is 5.69 Å². The highest BCUT2D eigenvalue weighted by atomic mass is 16.3. The Bertz CT molecular complexity index is 1660. The molecular weight excluding hydrogens is 390 g/mol. The summed E-state index contributed by atoms with van der Waals surface area (Å²) >= 11 is 0. The SMILES string of the molecule is Cc1ccc2c(oc3c(-c4cccc[n+]4C)c(C)ccc32)c1-c1ccc2ccccc2c1. The molecular formula is C30H24NO+. The number of pyridine rings is 1. The maximum Gasteiger partial charge on any atom is 0.216 e. The van der Waals surface area contributed by atoms with Crippen LogP contribution in [-0.2, 0) is 7.05 Å². The average molecular weight is 415 g/mol. The predicted molar refractivity (Wildman–Crippen MR) is 133 cm³/mol. The van der Waals surface area contributed by atoms with Gasteiger partial charge in [-0.3, -0.25) is 0 Å². The van der Waals surface area contributed by atoms with E-state index in [1.165, 1.54) is 33.0 Å². The maximum atomic E-state index is 6.74. The predicted octanol–water partition coefficient (Wildman–Crippen LogP) is 7.51. The molecule has 0 aliphatic heterocycles. The first-order valence-corrected chi connectivity index (χ1v) is 11.0. The largest absolute Gasteiger partial charge is 0.454 e. The van der Waals surface area contributed by atoms with Gasteiger partial charge in [0.15, 0.2) is 6.20 Å². The zero-order valence-electron chi connectivity index (χ0n) is 18.5. The minimum absolute atomic E-state index is 0.953. The van der Waals surface area contributed by atoms with Crippen LogP contribution in [0.5, 0.6) is 0 Å². The number of aromatic nitrogens is 1. The standard InChI is InChI=1S/C30H24NO/c1-19-11-15-24-25-16-12-20(2)28(26-10-6-7-17-31(26)3)30(25)32-29(24)27(19)23-14-13-21-8-4-5-9-22(21)18-23/h4-18H,1-3H3/q+1. The molecule has 0 spiro atoms. The Morgan fingerprint density at radius 2 is 1.28 bits per heavy atom. The lowest BCUT2D eigenvalue weighted by Crippen LogP contribution is -2.30. The normalized spacial score (nSPS) is 11.6. The number of furan rings is 1. The van der Waals surface area contributed by atoms with Gasteiger partial charge in [0, 0.05) is 28.5 Å². The van der Waals surface area contributed by atoms with E-state index < -0.39 is 0 Å². The number of hydrogen-bond acceptors (Lipinski definition) is 1. The van der Waals surface area contributed by atoms with Gasteiger partial charge in [-0.1, -0.05) is 60.7 Å². The molecule has 0 fully saturated rings. The van der Waals surface area contributed by atoms with Gasteiger partial charge in [-0.05, 0) is 53.4 Å². The van der Waals surface area contributed by atoms with Crippen molar-refractivity contribution in [2.24, 2.45) is 7.05 Å². The number of hydrogen-bond donors (Lipinski definition) is 0. The molecule has 0 aliphatic rings. The van der Waals surface area contributed by atoms with Gasteiger partial charge in [-0.2, -0.15) is 0 Å². The summed E-state index contributed by atoms with van der Waals surface area (Å²) in [4.78, 5) is 0. The van der Waals surface area contributed by atoms with E-state index in [1.54, 1.807) is 0 Å². The molecule has 2 heteroatoms. The lowest BCUT2D eigenvalue weighted by atomic mass is 9.95. The summed E-state index contributed by atoms with van der Waals surface area (Å²) in [5, 5.41) is 4.81. The summed E-state index contributed by atoms with van der Waals surface area (Å²) in [6.45, 7) is 4.32. The van der Waals surface area contributed by atoms with E-state index in [2.05, 4.69) is 117 Å². The third-order valence-electron chi connectivity index (χ3n) is 6.58. The van der Waals surface area contributed by atoms with Crippen molar-refractivity contribution in [3.8, 4) is 22.4 Å². The van der Waals surface area contributed by atoms with Gasteiger partial charge in [0.25, 0.3) is 0 Å². The molecule has 0 radical (unpaired) electrons. The summed E-state index contributed by atoms with van der Waals surface area (Å²) in [6.07, 6.45) is 2.08. The Morgan fingerprint density at radius 1 is 0.625 bits per heavy atom. The zero-order chi connectivity index (χ0) is 21.8. The van der Waals surface area contributed by atoms with Crippen molar-refractivity contribution < 1.29 is 8.98 Å². The van der Waals surface area contributed by atoms with E-state index in [0.717, 1.165) is 33.2 Å². The molecule has 32 heavy (non-hydrogen) atoms. The molecule has 0 unspecified atom stereocenters.